The van der Waals surface area contributed by atoms with Gasteiger partial charge in [-0.05, 0) is 36.4 Å². The van der Waals surface area contributed by atoms with Gasteiger partial charge in [-0.15, -0.1) is 0 Å². The van der Waals surface area contributed by atoms with Crippen molar-refractivity contribution in [1.29, 1.82) is 0 Å². The molecule has 20 heavy (non-hydrogen) atoms. The molecule has 2 rings (SSSR count). The molecule has 0 bridgehead atoms. The summed E-state index contributed by atoms with van der Waals surface area (Å²) in [5.74, 6) is -0.0896. The van der Waals surface area contributed by atoms with Crippen LogP contribution in [0.5, 0.6) is 0 Å². The molecule has 1 atom stereocenters. The van der Waals surface area contributed by atoms with Gasteiger partial charge >= 0.3 is 5.97 Å². The number of rotatable bonds is 5. The quantitative estimate of drug-likeness (QED) is 0.894. The van der Waals surface area contributed by atoms with E-state index in [1.165, 1.54) is 11.1 Å². The van der Waals surface area contributed by atoms with Crippen molar-refractivity contribution in [2.24, 2.45) is 5.41 Å². The second-order valence-electron chi connectivity index (χ2n) is 6.30. The van der Waals surface area contributed by atoms with E-state index in [0.717, 1.165) is 19.5 Å². The molecule has 1 aliphatic rings. The number of hydrogen-bond donors (Lipinski definition) is 1. The number of benzene rings is 1. The van der Waals surface area contributed by atoms with Gasteiger partial charge in [0, 0.05) is 13.1 Å². The highest BCUT2D eigenvalue weighted by Gasteiger charge is 2.42. The van der Waals surface area contributed by atoms with Gasteiger partial charge < -0.3 is 5.11 Å². The van der Waals surface area contributed by atoms with Crippen LogP contribution in [0, 0.1) is 5.41 Å². The largest absolute Gasteiger partial charge is 0.481 e. The second kappa shape index (κ2) is 5.96. The summed E-state index contributed by atoms with van der Waals surface area (Å²) in [6.45, 7) is 8.77. The average Bonchev–Trinajstić information content (AvgIpc) is 2.84. The molecule has 0 saturated carbocycles. The molecule has 1 N–H and O–H groups in total. The highest BCUT2D eigenvalue weighted by atomic mass is 16.4. The van der Waals surface area contributed by atoms with Crippen molar-refractivity contribution >= 4 is 5.97 Å². The van der Waals surface area contributed by atoms with Crippen molar-refractivity contribution in [1.82, 2.24) is 4.90 Å². The molecule has 1 aromatic rings. The Morgan fingerprint density at radius 1 is 1.35 bits per heavy atom. The summed E-state index contributed by atoms with van der Waals surface area (Å²) in [5, 5.41) is 9.42. The molecular formula is C17H25NO2. The molecule has 3 heteroatoms. The summed E-state index contributed by atoms with van der Waals surface area (Å²) in [4.78, 5) is 13.7. The molecule has 1 unspecified atom stereocenters. The third-order valence-corrected chi connectivity index (χ3v) is 4.62. The van der Waals surface area contributed by atoms with Gasteiger partial charge in [-0.2, -0.15) is 0 Å². The lowest BCUT2D eigenvalue weighted by atomic mass is 9.84. The molecule has 0 radical (unpaired) electrons. The van der Waals surface area contributed by atoms with Crippen molar-refractivity contribution in [2.75, 3.05) is 13.1 Å². The van der Waals surface area contributed by atoms with E-state index in [-0.39, 0.29) is 0 Å². The molecule has 0 spiro atoms. The fraction of sp³-hybridized carbons (Fsp3) is 0.588. The predicted octanol–water partition coefficient (Wildman–Crippen LogP) is 3.50. The molecule has 1 saturated heterocycles. The number of aliphatic carboxylic acids is 1. The first-order chi connectivity index (χ1) is 9.47. The lowest BCUT2D eigenvalue weighted by molar-refractivity contribution is -0.148. The van der Waals surface area contributed by atoms with Crippen LogP contribution in [0.15, 0.2) is 24.3 Å². The van der Waals surface area contributed by atoms with Crippen molar-refractivity contribution in [2.45, 2.75) is 46.1 Å². The molecule has 1 fully saturated rings. The SMILES string of the molecule is CCC1(C(=O)O)CCN(Cc2ccc(C(C)C)cc2)C1. The standard InChI is InChI=1S/C17H25NO2/c1-4-17(16(19)20)9-10-18(12-17)11-14-5-7-15(8-6-14)13(2)3/h5-8,13H,4,9-12H2,1-3H3,(H,19,20). The first-order valence-corrected chi connectivity index (χ1v) is 7.51. The van der Waals surface area contributed by atoms with E-state index >= 15 is 0 Å². The summed E-state index contributed by atoms with van der Waals surface area (Å²) in [6, 6.07) is 8.70. The summed E-state index contributed by atoms with van der Waals surface area (Å²) in [7, 11) is 0. The lowest BCUT2D eigenvalue weighted by Gasteiger charge is -2.23. The fourth-order valence-electron chi connectivity index (χ4n) is 2.97. The van der Waals surface area contributed by atoms with E-state index in [0.29, 0.717) is 18.9 Å². The maximum Gasteiger partial charge on any atom is 0.310 e. The Bertz CT molecular complexity index is 466. The highest BCUT2D eigenvalue weighted by Crippen LogP contribution is 2.34. The Morgan fingerprint density at radius 3 is 2.45 bits per heavy atom. The van der Waals surface area contributed by atoms with Gasteiger partial charge in [0.05, 0.1) is 5.41 Å². The zero-order valence-corrected chi connectivity index (χ0v) is 12.7. The van der Waals surface area contributed by atoms with Gasteiger partial charge in [0.25, 0.3) is 0 Å². The lowest BCUT2D eigenvalue weighted by Crippen LogP contribution is -2.33. The molecule has 0 amide bonds. The first kappa shape index (κ1) is 15.0. The van der Waals surface area contributed by atoms with Crippen molar-refractivity contribution in [3.8, 4) is 0 Å². The van der Waals surface area contributed by atoms with Gasteiger partial charge in [0.1, 0.15) is 0 Å². The molecule has 3 nitrogen and oxygen atoms in total. The van der Waals surface area contributed by atoms with Crippen LogP contribution in [0.1, 0.15) is 50.7 Å². The van der Waals surface area contributed by atoms with Crippen LogP contribution in [-0.4, -0.2) is 29.1 Å². The number of carbonyl (C=O) groups is 1. The molecule has 1 aliphatic heterocycles. The van der Waals surface area contributed by atoms with Crippen LogP contribution in [0.3, 0.4) is 0 Å². The maximum absolute atomic E-state index is 11.4. The predicted molar refractivity (Wildman–Crippen MR) is 80.8 cm³/mol. The monoisotopic (exact) mass is 275 g/mol. The van der Waals surface area contributed by atoms with Crippen LogP contribution >= 0.6 is 0 Å². The topological polar surface area (TPSA) is 40.5 Å². The summed E-state index contributed by atoms with van der Waals surface area (Å²) in [5.41, 5.74) is 2.09. The Morgan fingerprint density at radius 2 is 2.00 bits per heavy atom. The molecule has 0 aromatic heterocycles. The molecule has 1 heterocycles. The van der Waals surface area contributed by atoms with E-state index in [4.69, 9.17) is 0 Å². The zero-order chi connectivity index (χ0) is 14.8. The maximum atomic E-state index is 11.4. The van der Waals surface area contributed by atoms with Gasteiger partial charge in [0.2, 0.25) is 0 Å². The van der Waals surface area contributed by atoms with E-state index in [1.807, 2.05) is 6.92 Å². The number of carboxylic acid groups (broad SMARTS) is 1. The summed E-state index contributed by atoms with van der Waals surface area (Å²) in [6.07, 6.45) is 1.48. The number of likely N-dealkylation sites (tertiary alicyclic amines) is 1. The third kappa shape index (κ3) is 3.04. The van der Waals surface area contributed by atoms with Gasteiger partial charge in [-0.3, -0.25) is 9.69 Å². The van der Waals surface area contributed by atoms with Gasteiger partial charge in [-0.25, -0.2) is 0 Å². The smallest absolute Gasteiger partial charge is 0.310 e. The van der Waals surface area contributed by atoms with Crippen molar-refractivity contribution < 1.29 is 9.90 Å². The summed E-state index contributed by atoms with van der Waals surface area (Å²) < 4.78 is 0. The third-order valence-electron chi connectivity index (χ3n) is 4.62. The normalized spacial score (nSPS) is 23.4. The Hall–Kier alpha value is -1.35. The Labute approximate surface area is 121 Å². The zero-order valence-electron chi connectivity index (χ0n) is 12.7. The average molecular weight is 275 g/mol. The van der Waals surface area contributed by atoms with E-state index in [2.05, 4.69) is 43.0 Å². The van der Waals surface area contributed by atoms with Crippen LogP contribution in [0.25, 0.3) is 0 Å². The van der Waals surface area contributed by atoms with Crippen LogP contribution in [0.4, 0.5) is 0 Å². The number of carboxylic acids is 1. The highest BCUT2D eigenvalue weighted by molar-refractivity contribution is 5.75. The minimum Gasteiger partial charge on any atom is -0.481 e. The Kier molecular flexibility index (Phi) is 4.48. The molecule has 110 valence electrons. The van der Waals surface area contributed by atoms with E-state index < -0.39 is 11.4 Å². The second-order valence-corrected chi connectivity index (χ2v) is 6.30. The van der Waals surface area contributed by atoms with E-state index in [1.54, 1.807) is 0 Å². The van der Waals surface area contributed by atoms with Crippen molar-refractivity contribution in [3.63, 3.8) is 0 Å². The Balaban J connectivity index is 2.00. The van der Waals surface area contributed by atoms with Crippen LogP contribution in [-0.2, 0) is 11.3 Å². The minimum atomic E-state index is -0.641. The number of nitrogens with zero attached hydrogens (tertiary/aromatic N) is 1. The van der Waals surface area contributed by atoms with Crippen LogP contribution < -0.4 is 0 Å². The van der Waals surface area contributed by atoms with Crippen molar-refractivity contribution in [3.05, 3.63) is 35.4 Å². The van der Waals surface area contributed by atoms with Crippen LogP contribution in [0.2, 0.25) is 0 Å². The molecule has 0 aliphatic carbocycles. The minimum absolute atomic E-state index is 0.530. The van der Waals surface area contributed by atoms with Gasteiger partial charge in [-0.1, -0.05) is 45.0 Å². The number of hydrogen-bond acceptors (Lipinski definition) is 2. The first-order valence-electron chi connectivity index (χ1n) is 7.51. The van der Waals surface area contributed by atoms with E-state index in [9.17, 15) is 9.90 Å². The summed E-state index contributed by atoms with van der Waals surface area (Å²) >= 11 is 0. The van der Waals surface area contributed by atoms with Gasteiger partial charge in [0.15, 0.2) is 0 Å². The molecule has 1 aromatic carbocycles. The fourth-order valence-corrected chi connectivity index (χ4v) is 2.97. The molecular weight excluding hydrogens is 250 g/mol.